The van der Waals surface area contributed by atoms with Crippen molar-refractivity contribution in [3.63, 3.8) is 0 Å². The molecule has 0 spiro atoms. The summed E-state index contributed by atoms with van der Waals surface area (Å²) in [6.45, 7) is 2.83. The molecule has 0 unspecified atom stereocenters. The molecule has 7 heteroatoms. The second-order valence-corrected chi connectivity index (χ2v) is 11.0. The lowest BCUT2D eigenvalue weighted by atomic mass is 10.0. The third-order valence-electron chi connectivity index (χ3n) is 7.97. The number of aliphatic hydroxyl groups excluding tert-OH is 1. The molecule has 0 aromatic rings. The molecule has 38 heavy (non-hydrogen) atoms. The minimum absolute atomic E-state index is 0.0279. The fourth-order valence-corrected chi connectivity index (χ4v) is 5.78. The molecule has 0 saturated carbocycles. The number of unbranched alkanes of at least 4 members (excludes halogenated alkanes) is 8. The minimum Gasteiger partial charge on any atom is -0.380 e. The van der Waals surface area contributed by atoms with Crippen LogP contribution in [0.1, 0.15) is 116 Å². The molecule has 1 N–H and O–H groups in total. The van der Waals surface area contributed by atoms with Gasteiger partial charge in [0.2, 0.25) is 0 Å². The maximum Gasteiger partial charge on any atom is 0.146 e. The van der Waals surface area contributed by atoms with Crippen LogP contribution in [0, 0.1) is 12.3 Å². The van der Waals surface area contributed by atoms with E-state index >= 15 is 0 Å². The Bertz CT molecular complexity index is 610. The van der Waals surface area contributed by atoms with E-state index < -0.39 is 6.10 Å². The van der Waals surface area contributed by atoms with E-state index in [9.17, 15) is 5.11 Å². The predicted octanol–water partition coefficient (Wildman–Crippen LogP) is 6.15. The monoisotopic (exact) mass is 540 g/mol. The molecule has 0 aromatic heterocycles. The summed E-state index contributed by atoms with van der Waals surface area (Å²) in [6, 6.07) is 0. The molecule has 0 radical (unpaired) electrons. The van der Waals surface area contributed by atoms with Gasteiger partial charge < -0.3 is 33.5 Å². The zero-order valence-electron chi connectivity index (χ0n) is 24.5. The standard InChI is InChI=1S/C31H56O7/c1-5-7-8-9-10-11-12-13-17-26(35-23-33-3)28-19-21-30(37-28)31-22-20-29(38-31)27(36-24-34-4)18-15-14-16-25(32)6-2/h2,25-32H,5,7-24H2,1,3-4H3/t25-,26-,27-,28-,29-,30-,31-/m1/s1. The van der Waals surface area contributed by atoms with Gasteiger partial charge >= 0.3 is 0 Å². The third-order valence-corrected chi connectivity index (χ3v) is 7.97. The zero-order chi connectivity index (χ0) is 27.4. The molecule has 2 heterocycles. The van der Waals surface area contributed by atoms with Crippen molar-refractivity contribution < 1.29 is 33.5 Å². The third kappa shape index (κ3) is 13.1. The highest BCUT2D eigenvalue weighted by atomic mass is 16.7. The smallest absolute Gasteiger partial charge is 0.146 e. The number of methoxy groups -OCH3 is 2. The SMILES string of the molecule is C#C[C@@H](O)CCCC[C@@H](OCOC)[C@H]1CC[C@H]([C@H]2CC[C@H]([C@@H](CCCCCCCCCC)OCOC)O2)O1. The van der Waals surface area contributed by atoms with Gasteiger partial charge in [-0.05, 0) is 51.4 Å². The van der Waals surface area contributed by atoms with Crippen LogP contribution in [-0.2, 0) is 28.4 Å². The van der Waals surface area contributed by atoms with Crippen LogP contribution < -0.4 is 0 Å². The fourth-order valence-electron chi connectivity index (χ4n) is 5.78. The van der Waals surface area contributed by atoms with E-state index in [0.717, 1.165) is 51.4 Å². The minimum atomic E-state index is -0.667. The Kier molecular flexibility index (Phi) is 18.6. The molecule has 2 aliphatic heterocycles. The summed E-state index contributed by atoms with van der Waals surface area (Å²) in [7, 11) is 3.32. The lowest BCUT2D eigenvalue weighted by molar-refractivity contribution is -0.158. The van der Waals surface area contributed by atoms with E-state index in [2.05, 4.69) is 12.8 Å². The first kappa shape index (κ1) is 33.5. The van der Waals surface area contributed by atoms with Crippen LogP contribution in [0.25, 0.3) is 0 Å². The largest absolute Gasteiger partial charge is 0.380 e. The number of terminal acetylenes is 1. The highest BCUT2D eigenvalue weighted by Gasteiger charge is 2.41. The fraction of sp³-hybridized carbons (Fsp3) is 0.935. The van der Waals surface area contributed by atoms with Gasteiger partial charge in [0.1, 0.15) is 19.7 Å². The summed E-state index contributed by atoms with van der Waals surface area (Å²) in [5, 5.41) is 9.61. The molecule has 2 rings (SSSR count). The topological polar surface area (TPSA) is 75.6 Å². The molecule has 7 nitrogen and oxygen atoms in total. The highest BCUT2D eigenvalue weighted by Crippen LogP contribution is 2.36. The molecule has 2 aliphatic rings. The van der Waals surface area contributed by atoms with Crippen LogP contribution in [0.3, 0.4) is 0 Å². The van der Waals surface area contributed by atoms with Gasteiger partial charge in [0.25, 0.3) is 0 Å². The average molecular weight is 541 g/mol. The molecule has 0 amide bonds. The van der Waals surface area contributed by atoms with Crippen molar-refractivity contribution in [3.05, 3.63) is 0 Å². The number of rotatable bonds is 23. The Labute approximate surface area is 232 Å². The second-order valence-electron chi connectivity index (χ2n) is 11.0. The number of aliphatic hydroxyl groups is 1. The zero-order valence-corrected chi connectivity index (χ0v) is 24.5. The second kappa shape index (κ2) is 21.1. The van der Waals surface area contributed by atoms with Crippen LogP contribution in [0.5, 0.6) is 0 Å². The predicted molar refractivity (Wildman–Crippen MR) is 150 cm³/mol. The van der Waals surface area contributed by atoms with E-state index in [1.165, 1.54) is 51.4 Å². The first-order valence-electron chi connectivity index (χ1n) is 15.3. The van der Waals surface area contributed by atoms with Crippen LogP contribution in [0.15, 0.2) is 0 Å². The van der Waals surface area contributed by atoms with Crippen molar-refractivity contribution in [1.29, 1.82) is 0 Å². The van der Waals surface area contributed by atoms with Gasteiger partial charge in [0, 0.05) is 14.2 Å². The van der Waals surface area contributed by atoms with Crippen molar-refractivity contribution in [1.82, 2.24) is 0 Å². The van der Waals surface area contributed by atoms with Crippen molar-refractivity contribution in [2.75, 3.05) is 27.8 Å². The number of hydrogen-bond donors (Lipinski definition) is 1. The summed E-state index contributed by atoms with van der Waals surface area (Å²) >= 11 is 0. The highest BCUT2D eigenvalue weighted by molar-refractivity contribution is 4.93. The average Bonchev–Trinajstić information content (AvgIpc) is 3.61. The van der Waals surface area contributed by atoms with Gasteiger partial charge in [0.05, 0.1) is 36.6 Å². The van der Waals surface area contributed by atoms with Crippen molar-refractivity contribution >= 4 is 0 Å². The van der Waals surface area contributed by atoms with Crippen molar-refractivity contribution in [2.45, 2.75) is 159 Å². The molecule has 0 aromatic carbocycles. The summed E-state index contributed by atoms with van der Waals surface area (Å²) in [5.74, 6) is 2.38. The van der Waals surface area contributed by atoms with Gasteiger partial charge in [-0.15, -0.1) is 6.42 Å². The van der Waals surface area contributed by atoms with Crippen molar-refractivity contribution in [2.24, 2.45) is 0 Å². The van der Waals surface area contributed by atoms with Gasteiger partial charge in [-0.2, -0.15) is 0 Å². The van der Waals surface area contributed by atoms with Gasteiger partial charge in [-0.3, -0.25) is 0 Å². The molecule has 0 aliphatic carbocycles. The van der Waals surface area contributed by atoms with Gasteiger partial charge in [0.15, 0.2) is 0 Å². The molecular formula is C31H56O7. The van der Waals surface area contributed by atoms with E-state index in [1.54, 1.807) is 14.2 Å². The quantitative estimate of drug-likeness (QED) is 0.0947. The van der Waals surface area contributed by atoms with Crippen LogP contribution in [0.2, 0.25) is 0 Å². The van der Waals surface area contributed by atoms with Crippen LogP contribution in [-0.4, -0.2) is 75.6 Å². The Morgan fingerprint density at radius 3 is 1.63 bits per heavy atom. The lowest BCUT2D eigenvalue weighted by Crippen LogP contribution is -2.35. The summed E-state index contributed by atoms with van der Waals surface area (Å²) < 4.78 is 35.5. The van der Waals surface area contributed by atoms with Gasteiger partial charge in [-0.25, -0.2) is 0 Å². The molecule has 7 atom stereocenters. The molecule has 2 fully saturated rings. The number of hydrogen-bond acceptors (Lipinski definition) is 7. The van der Waals surface area contributed by atoms with Crippen LogP contribution >= 0.6 is 0 Å². The van der Waals surface area contributed by atoms with E-state index in [1.807, 2.05) is 0 Å². The van der Waals surface area contributed by atoms with E-state index in [4.69, 9.17) is 34.8 Å². The lowest BCUT2D eigenvalue weighted by Gasteiger charge is -2.27. The van der Waals surface area contributed by atoms with Gasteiger partial charge in [-0.1, -0.05) is 70.6 Å². The Balaban J connectivity index is 1.76. The number of ether oxygens (including phenoxy) is 6. The maximum absolute atomic E-state index is 9.61. The van der Waals surface area contributed by atoms with Crippen molar-refractivity contribution in [3.8, 4) is 12.3 Å². The van der Waals surface area contributed by atoms with Crippen LogP contribution in [0.4, 0.5) is 0 Å². The maximum atomic E-state index is 9.61. The Morgan fingerprint density at radius 1 is 0.711 bits per heavy atom. The summed E-state index contributed by atoms with van der Waals surface area (Å²) in [6.07, 6.45) is 23.7. The molecular weight excluding hydrogens is 484 g/mol. The Hall–Kier alpha value is -0.720. The molecule has 222 valence electrons. The summed E-state index contributed by atoms with van der Waals surface area (Å²) in [4.78, 5) is 0. The first-order valence-corrected chi connectivity index (χ1v) is 15.3. The first-order chi connectivity index (χ1) is 18.6. The molecule has 0 bridgehead atoms. The summed E-state index contributed by atoms with van der Waals surface area (Å²) in [5.41, 5.74) is 0. The Morgan fingerprint density at radius 2 is 1.16 bits per heavy atom. The van der Waals surface area contributed by atoms with E-state index in [-0.39, 0.29) is 43.4 Å². The molecule has 2 saturated heterocycles. The normalized spacial score (nSPS) is 25.9. The van der Waals surface area contributed by atoms with E-state index in [0.29, 0.717) is 13.2 Å².